The van der Waals surface area contributed by atoms with Gasteiger partial charge in [-0.15, -0.1) is 4.91 Å². The van der Waals surface area contributed by atoms with Crippen molar-refractivity contribution in [2.45, 2.75) is 6.10 Å². The standard InChI is InChI=1S/C22H35N4O6P/c1-24(2)33(25(3)4,23-32-19-30-21-16-12-9-13-17-21)26(5)22(27-6,28-7)31-18-29-20-14-10-8-11-15-20/h8-17H,18-19H2,1-7H3. The number of methoxy groups -OCH3 is 2. The second-order valence-corrected chi connectivity index (χ2v) is 10.6. The number of ether oxygens (including phenoxy) is 5. The first-order valence-electron chi connectivity index (χ1n) is 10.3. The van der Waals surface area contributed by atoms with Crippen molar-refractivity contribution >= 4 is 7.51 Å². The molecule has 0 amide bonds. The van der Waals surface area contributed by atoms with Crippen molar-refractivity contribution in [2.75, 3.05) is 63.0 Å². The topological polar surface area (TPSA) is 77.5 Å². The van der Waals surface area contributed by atoms with E-state index in [9.17, 15) is 0 Å². The molecule has 0 aliphatic carbocycles. The van der Waals surface area contributed by atoms with Crippen LogP contribution in [0.4, 0.5) is 0 Å². The molecular weight excluding hydrogens is 447 g/mol. The van der Waals surface area contributed by atoms with Crippen LogP contribution in [0, 0.1) is 0 Å². The van der Waals surface area contributed by atoms with E-state index in [1.807, 2.05) is 98.2 Å². The van der Waals surface area contributed by atoms with Gasteiger partial charge in [0, 0.05) is 21.3 Å². The van der Waals surface area contributed by atoms with Crippen LogP contribution >= 0.6 is 7.51 Å². The van der Waals surface area contributed by atoms with Crippen LogP contribution in [0.3, 0.4) is 0 Å². The summed E-state index contributed by atoms with van der Waals surface area (Å²) in [6, 6.07) is 18.7. The monoisotopic (exact) mass is 482 g/mol. The van der Waals surface area contributed by atoms with Gasteiger partial charge in [0.2, 0.25) is 14.3 Å². The molecule has 184 valence electrons. The van der Waals surface area contributed by atoms with E-state index in [1.165, 1.54) is 14.2 Å². The number of para-hydroxylation sites is 2. The quantitative estimate of drug-likeness (QED) is 0.172. The van der Waals surface area contributed by atoms with Crippen molar-refractivity contribution < 1.29 is 28.5 Å². The lowest BCUT2D eigenvalue weighted by molar-refractivity contribution is -0.421. The molecular formula is C22H35N4O6P. The van der Waals surface area contributed by atoms with Crippen LogP contribution in [-0.2, 0) is 19.0 Å². The Hall–Kier alpha value is -2.01. The molecule has 0 aliphatic heterocycles. The first-order valence-corrected chi connectivity index (χ1v) is 11.9. The molecule has 0 bridgehead atoms. The van der Waals surface area contributed by atoms with Crippen molar-refractivity contribution in [3.05, 3.63) is 60.7 Å². The van der Waals surface area contributed by atoms with E-state index < -0.39 is 13.6 Å². The van der Waals surface area contributed by atoms with Gasteiger partial charge in [-0.2, -0.15) is 4.67 Å². The fourth-order valence-electron chi connectivity index (χ4n) is 3.22. The van der Waals surface area contributed by atoms with Gasteiger partial charge >= 0.3 is 6.10 Å². The summed E-state index contributed by atoms with van der Waals surface area (Å²) in [5.41, 5.74) is 0. The van der Waals surface area contributed by atoms with E-state index in [-0.39, 0.29) is 13.6 Å². The van der Waals surface area contributed by atoms with Crippen LogP contribution in [0.1, 0.15) is 0 Å². The molecule has 10 nitrogen and oxygen atoms in total. The molecule has 0 aliphatic rings. The maximum absolute atomic E-state index is 5.96. The smallest absolute Gasteiger partial charge is 0.362 e. The van der Waals surface area contributed by atoms with Crippen LogP contribution in [0.25, 0.3) is 0 Å². The molecule has 33 heavy (non-hydrogen) atoms. The molecule has 0 heterocycles. The Kier molecular flexibility index (Phi) is 10.7. The molecule has 0 N–H and O–H groups in total. The number of benzene rings is 2. The Morgan fingerprint density at radius 3 is 1.61 bits per heavy atom. The summed E-state index contributed by atoms with van der Waals surface area (Å²) in [6.07, 6.45) is -1.61. The molecule has 0 saturated carbocycles. The molecule has 0 aromatic heterocycles. The van der Waals surface area contributed by atoms with Crippen molar-refractivity contribution in [1.82, 2.24) is 14.0 Å². The van der Waals surface area contributed by atoms with Crippen molar-refractivity contribution in [1.29, 1.82) is 0 Å². The van der Waals surface area contributed by atoms with Gasteiger partial charge < -0.3 is 18.9 Å². The fourth-order valence-corrected chi connectivity index (χ4v) is 6.16. The van der Waals surface area contributed by atoms with Gasteiger partial charge in [0.15, 0.2) is 6.79 Å². The normalized spacial score (nSPS) is 12.4. The average molecular weight is 483 g/mol. The molecule has 0 saturated heterocycles. The Morgan fingerprint density at radius 1 is 0.727 bits per heavy atom. The molecule has 0 spiro atoms. The highest BCUT2D eigenvalue weighted by molar-refractivity contribution is 7.58. The summed E-state index contributed by atoms with van der Waals surface area (Å²) in [5.74, 6) is 1.35. The van der Waals surface area contributed by atoms with Gasteiger partial charge in [-0.1, -0.05) is 36.4 Å². The Labute approximate surface area is 196 Å². The Morgan fingerprint density at radius 2 is 1.18 bits per heavy atom. The van der Waals surface area contributed by atoms with E-state index in [4.69, 9.17) is 28.5 Å². The van der Waals surface area contributed by atoms with E-state index in [0.717, 1.165) is 0 Å². The third-order valence-corrected chi connectivity index (χ3v) is 8.32. The van der Waals surface area contributed by atoms with Crippen molar-refractivity contribution in [3.63, 3.8) is 0 Å². The maximum atomic E-state index is 5.96. The molecule has 0 atom stereocenters. The molecule has 2 rings (SSSR count). The van der Waals surface area contributed by atoms with E-state index >= 15 is 0 Å². The fraction of sp³-hybridized carbons (Fsp3) is 0.455. The zero-order valence-corrected chi connectivity index (χ0v) is 21.3. The third kappa shape index (κ3) is 6.75. The molecule has 11 heteroatoms. The van der Waals surface area contributed by atoms with Gasteiger partial charge in [-0.25, -0.2) is 14.2 Å². The van der Waals surface area contributed by atoms with Crippen LogP contribution in [0.15, 0.2) is 65.6 Å². The summed E-state index contributed by atoms with van der Waals surface area (Å²) in [5, 5.41) is 0. The summed E-state index contributed by atoms with van der Waals surface area (Å²) in [4.78, 5) is 10.2. The first kappa shape index (κ1) is 27.2. The minimum absolute atomic E-state index is 0.0633. The van der Waals surface area contributed by atoms with Gasteiger partial charge in [0.05, 0.1) is 0 Å². The van der Waals surface area contributed by atoms with Crippen molar-refractivity contribution in [3.8, 4) is 11.5 Å². The SMILES string of the molecule is COC(OC)(OCOc1ccccc1)N(C)P(=NOCOc1ccccc1)(N(C)C)N(C)C. The van der Waals surface area contributed by atoms with Gasteiger partial charge in [0.1, 0.15) is 11.5 Å². The lowest BCUT2D eigenvalue weighted by Crippen LogP contribution is -2.54. The summed E-state index contributed by atoms with van der Waals surface area (Å²) in [7, 11) is 9.61. The predicted octanol–water partition coefficient (Wildman–Crippen LogP) is 3.91. The number of nitrogens with zero attached hydrogens (tertiary/aromatic N) is 4. The van der Waals surface area contributed by atoms with E-state index in [1.54, 1.807) is 11.7 Å². The molecule has 0 fully saturated rings. The third-order valence-electron chi connectivity index (χ3n) is 4.79. The van der Waals surface area contributed by atoms with Crippen LogP contribution in [0.5, 0.6) is 11.5 Å². The molecule has 0 unspecified atom stereocenters. The predicted molar refractivity (Wildman–Crippen MR) is 127 cm³/mol. The lowest BCUT2D eigenvalue weighted by atomic mass is 10.3. The molecule has 2 aromatic carbocycles. The number of rotatable bonds is 14. The summed E-state index contributed by atoms with van der Waals surface area (Å²) >= 11 is 0. The molecule has 0 radical (unpaired) electrons. The van der Waals surface area contributed by atoms with Gasteiger partial charge in [-0.3, -0.25) is 4.74 Å². The number of hydrogen-bond donors (Lipinski definition) is 0. The van der Waals surface area contributed by atoms with Crippen molar-refractivity contribution in [2.24, 2.45) is 4.91 Å². The Bertz CT molecular complexity index is 854. The summed E-state index contributed by atoms with van der Waals surface area (Å²) < 4.78 is 34.3. The first-order chi connectivity index (χ1) is 15.8. The van der Waals surface area contributed by atoms with Gasteiger partial charge in [0.25, 0.3) is 0 Å². The van der Waals surface area contributed by atoms with Crippen LogP contribution < -0.4 is 9.47 Å². The highest BCUT2D eigenvalue weighted by atomic mass is 31.2. The summed E-state index contributed by atoms with van der Waals surface area (Å²) in [6.45, 7) is -0.179. The van der Waals surface area contributed by atoms with E-state index in [2.05, 4.69) is 4.91 Å². The minimum Gasteiger partial charge on any atom is -0.467 e. The average Bonchev–Trinajstić information content (AvgIpc) is 2.83. The van der Waals surface area contributed by atoms with Crippen LogP contribution in [-0.4, -0.2) is 83.2 Å². The van der Waals surface area contributed by atoms with E-state index in [0.29, 0.717) is 11.5 Å². The minimum atomic E-state index is -2.73. The van der Waals surface area contributed by atoms with Crippen LogP contribution in [0.2, 0.25) is 0 Å². The second-order valence-electron chi connectivity index (χ2n) is 7.19. The highest BCUT2D eigenvalue weighted by Gasteiger charge is 2.48. The van der Waals surface area contributed by atoms with Gasteiger partial charge in [-0.05, 0) is 52.5 Å². The number of hydrogen-bond acceptors (Lipinski definition) is 7. The Balaban J connectivity index is 2.24. The largest absolute Gasteiger partial charge is 0.467 e. The lowest BCUT2D eigenvalue weighted by Gasteiger charge is -2.47. The maximum Gasteiger partial charge on any atom is 0.362 e. The highest BCUT2D eigenvalue weighted by Crippen LogP contribution is 2.59. The zero-order chi connectivity index (χ0) is 24.3. The second kappa shape index (κ2) is 13.0. The zero-order valence-electron chi connectivity index (χ0n) is 20.4. The molecule has 2 aromatic rings.